The topological polar surface area (TPSA) is 88.1 Å². The summed E-state index contributed by atoms with van der Waals surface area (Å²) < 4.78 is 10.8. The van der Waals surface area contributed by atoms with Gasteiger partial charge in [0, 0.05) is 33.2 Å². The normalized spacial score (nSPS) is 30.2. The molecule has 7 heteroatoms. The molecular formula is C13H22N2O5. The predicted molar refractivity (Wildman–Crippen MR) is 70.5 cm³/mol. The van der Waals surface area contributed by atoms with Crippen molar-refractivity contribution in [3.8, 4) is 0 Å². The van der Waals surface area contributed by atoms with Crippen molar-refractivity contribution in [1.29, 1.82) is 0 Å². The second-order valence-electron chi connectivity index (χ2n) is 5.47. The monoisotopic (exact) mass is 286 g/mol. The molecule has 2 N–H and O–H groups in total. The zero-order chi connectivity index (χ0) is 14.6. The quantitative estimate of drug-likeness (QED) is 0.776. The van der Waals surface area contributed by atoms with Gasteiger partial charge in [-0.3, -0.25) is 4.79 Å². The van der Waals surface area contributed by atoms with Gasteiger partial charge in [0.1, 0.15) is 5.60 Å². The second-order valence-corrected chi connectivity index (χ2v) is 5.47. The Hall–Kier alpha value is -1.34. The second kappa shape index (κ2) is 6.41. The third-order valence-corrected chi connectivity index (χ3v) is 4.12. The third kappa shape index (κ3) is 3.40. The van der Waals surface area contributed by atoms with Crippen molar-refractivity contribution >= 4 is 12.0 Å². The van der Waals surface area contributed by atoms with Crippen molar-refractivity contribution in [2.24, 2.45) is 5.92 Å². The van der Waals surface area contributed by atoms with Crippen LogP contribution in [0.2, 0.25) is 0 Å². The van der Waals surface area contributed by atoms with E-state index in [4.69, 9.17) is 14.6 Å². The van der Waals surface area contributed by atoms with Gasteiger partial charge in [-0.1, -0.05) is 0 Å². The van der Waals surface area contributed by atoms with Gasteiger partial charge in [0.05, 0.1) is 19.1 Å². The Kier molecular flexibility index (Phi) is 4.82. The van der Waals surface area contributed by atoms with E-state index >= 15 is 0 Å². The molecule has 2 aliphatic heterocycles. The van der Waals surface area contributed by atoms with E-state index in [1.807, 2.05) is 0 Å². The maximum absolute atomic E-state index is 12.1. The van der Waals surface area contributed by atoms with Crippen LogP contribution >= 0.6 is 0 Å². The Morgan fingerprint density at radius 1 is 1.55 bits per heavy atom. The molecule has 2 rings (SSSR count). The average Bonchev–Trinajstić information content (AvgIpc) is 2.94. The summed E-state index contributed by atoms with van der Waals surface area (Å²) >= 11 is 0. The van der Waals surface area contributed by atoms with Gasteiger partial charge < -0.3 is 24.8 Å². The summed E-state index contributed by atoms with van der Waals surface area (Å²) in [4.78, 5) is 24.7. The number of methoxy groups -OCH3 is 1. The maximum atomic E-state index is 12.1. The Bertz CT molecular complexity index is 368. The van der Waals surface area contributed by atoms with Crippen molar-refractivity contribution < 1.29 is 24.2 Å². The molecule has 1 unspecified atom stereocenters. The van der Waals surface area contributed by atoms with Crippen LogP contribution in [-0.2, 0) is 14.3 Å². The Labute approximate surface area is 118 Å². The van der Waals surface area contributed by atoms with E-state index in [1.54, 1.807) is 12.0 Å². The van der Waals surface area contributed by atoms with Crippen molar-refractivity contribution in [1.82, 2.24) is 10.2 Å². The number of carbonyl (C=O) groups excluding carboxylic acids is 1. The van der Waals surface area contributed by atoms with E-state index in [1.165, 1.54) is 0 Å². The lowest BCUT2D eigenvalue weighted by molar-refractivity contribution is -0.143. The van der Waals surface area contributed by atoms with Crippen LogP contribution in [0.4, 0.5) is 4.79 Å². The van der Waals surface area contributed by atoms with Gasteiger partial charge in [0.25, 0.3) is 0 Å². The van der Waals surface area contributed by atoms with Crippen LogP contribution in [0.15, 0.2) is 0 Å². The lowest BCUT2D eigenvalue weighted by atomic mass is 9.98. The molecule has 0 aliphatic carbocycles. The molecule has 0 radical (unpaired) electrons. The number of amides is 2. The number of rotatable bonds is 4. The zero-order valence-corrected chi connectivity index (χ0v) is 11.8. The minimum Gasteiger partial charge on any atom is -0.481 e. The molecule has 2 amide bonds. The fraction of sp³-hybridized carbons (Fsp3) is 0.846. The highest BCUT2D eigenvalue weighted by atomic mass is 16.5. The van der Waals surface area contributed by atoms with Crippen LogP contribution in [0, 0.1) is 5.92 Å². The Morgan fingerprint density at radius 2 is 2.35 bits per heavy atom. The molecule has 2 aliphatic rings. The summed E-state index contributed by atoms with van der Waals surface area (Å²) in [6.07, 6.45) is 2.11. The molecule has 0 saturated carbocycles. The summed E-state index contributed by atoms with van der Waals surface area (Å²) in [5, 5.41) is 11.9. The molecule has 0 bridgehead atoms. The van der Waals surface area contributed by atoms with Gasteiger partial charge in [-0.05, 0) is 12.8 Å². The molecule has 2 fully saturated rings. The minimum absolute atomic E-state index is 0.223. The lowest BCUT2D eigenvalue weighted by Crippen LogP contribution is -2.51. The standard InChI is InChI=1S/C13H22N2O5/c1-19-13(4-6-20-9-13)8-14-12(18)15-5-2-3-10(7-15)11(16)17/h10H,2-9H2,1H3,(H,14,18)(H,16,17)/t10-,13?/m1/s1. The van der Waals surface area contributed by atoms with E-state index < -0.39 is 17.5 Å². The molecule has 2 atom stereocenters. The summed E-state index contributed by atoms with van der Waals surface area (Å²) in [7, 11) is 1.61. The van der Waals surface area contributed by atoms with E-state index in [9.17, 15) is 9.59 Å². The van der Waals surface area contributed by atoms with Crippen molar-refractivity contribution in [2.75, 3.05) is 40.0 Å². The van der Waals surface area contributed by atoms with E-state index in [0.29, 0.717) is 32.7 Å². The number of hydrogen-bond acceptors (Lipinski definition) is 4. The molecule has 114 valence electrons. The number of carbonyl (C=O) groups is 2. The molecule has 2 saturated heterocycles. The van der Waals surface area contributed by atoms with Crippen molar-refractivity contribution in [3.05, 3.63) is 0 Å². The summed E-state index contributed by atoms with van der Waals surface area (Å²) in [5.41, 5.74) is -0.447. The van der Waals surface area contributed by atoms with E-state index in [-0.39, 0.29) is 12.6 Å². The molecule has 0 aromatic rings. The first-order valence-electron chi connectivity index (χ1n) is 6.95. The van der Waals surface area contributed by atoms with E-state index in [0.717, 1.165) is 12.8 Å². The predicted octanol–water partition coefficient (Wildman–Crippen LogP) is 0.298. The number of carboxylic acid groups (broad SMARTS) is 1. The largest absolute Gasteiger partial charge is 0.481 e. The number of piperidine rings is 1. The molecule has 0 spiro atoms. The highest BCUT2D eigenvalue weighted by Gasteiger charge is 2.36. The van der Waals surface area contributed by atoms with Crippen molar-refractivity contribution in [3.63, 3.8) is 0 Å². The molecule has 0 aromatic heterocycles. The van der Waals surface area contributed by atoms with Crippen LogP contribution < -0.4 is 5.32 Å². The van der Waals surface area contributed by atoms with Crippen LogP contribution in [0.3, 0.4) is 0 Å². The van der Waals surface area contributed by atoms with Crippen molar-refractivity contribution in [2.45, 2.75) is 24.9 Å². The number of carboxylic acids is 1. The molecular weight excluding hydrogens is 264 g/mol. The molecule has 2 heterocycles. The minimum atomic E-state index is -0.833. The number of nitrogens with zero attached hydrogens (tertiary/aromatic N) is 1. The maximum Gasteiger partial charge on any atom is 0.317 e. The van der Waals surface area contributed by atoms with Crippen LogP contribution in [0.5, 0.6) is 0 Å². The molecule has 20 heavy (non-hydrogen) atoms. The fourth-order valence-electron chi connectivity index (χ4n) is 2.67. The lowest BCUT2D eigenvalue weighted by Gasteiger charge is -2.32. The van der Waals surface area contributed by atoms with Crippen LogP contribution in [0.1, 0.15) is 19.3 Å². The Morgan fingerprint density at radius 3 is 2.95 bits per heavy atom. The number of ether oxygens (including phenoxy) is 2. The first kappa shape index (κ1) is 15.1. The van der Waals surface area contributed by atoms with E-state index in [2.05, 4.69) is 5.32 Å². The van der Waals surface area contributed by atoms with Gasteiger partial charge >= 0.3 is 12.0 Å². The Balaban J connectivity index is 1.83. The number of hydrogen-bond donors (Lipinski definition) is 2. The van der Waals surface area contributed by atoms with Gasteiger partial charge in [-0.15, -0.1) is 0 Å². The zero-order valence-electron chi connectivity index (χ0n) is 11.8. The first-order valence-corrected chi connectivity index (χ1v) is 6.95. The van der Waals surface area contributed by atoms with Gasteiger partial charge in [-0.2, -0.15) is 0 Å². The third-order valence-electron chi connectivity index (χ3n) is 4.12. The number of nitrogens with one attached hydrogen (secondary N) is 1. The van der Waals surface area contributed by atoms with Gasteiger partial charge in [0.15, 0.2) is 0 Å². The number of urea groups is 1. The van der Waals surface area contributed by atoms with Gasteiger partial charge in [-0.25, -0.2) is 4.79 Å². The highest BCUT2D eigenvalue weighted by molar-refractivity contribution is 5.76. The number of aliphatic carboxylic acids is 1. The number of likely N-dealkylation sites (tertiary alicyclic amines) is 1. The average molecular weight is 286 g/mol. The van der Waals surface area contributed by atoms with Crippen LogP contribution in [0.25, 0.3) is 0 Å². The fourth-order valence-corrected chi connectivity index (χ4v) is 2.67. The SMILES string of the molecule is COC1(CNC(=O)N2CCC[C@@H](C(=O)O)C2)CCOC1. The first-order chi connectivity index (χ1) is 9.56. The summed E-state index contributed by atoms with van der Waals surface area (Å²) in [6, 6.07) is -0.223. The van der Waals surface area contributed by atoms with Crippen LogP contribution in [-0.4, -0.2) is 67.6 Å². The summed E-state index contributed by atoms with van der Waals surface area (Å²) in [5.74, 6) is -1.29. The molecule has 7 nitrogen and oxygen atoms in total. The highest BCUT2D eigenvalue weighted by Crippen LogP contribution is 2.22. The summed E-state index contributed by atoms with van der Waals surface area (Å²) in [6.45, 7) is 2.37. The van der Waals surface area contributed by atoms with Gasteiger partial charge in [0.2, 0.25) is 0 Å². The smallest absolute Gasteiger partial charge is 0.317 e. The molecule has 0 aromatic carbocycles.